The number of carboxylic acid groups (broad SMARTS) is 1. The van der Waals surface area contributed by atoms with Crippen molar-refractivity contribution < 1.29 is 9.90 Å². The number of nitrogens with two attached hydrogens (primary N) is 1. The third kappa shape index (κ3) is 1.33. The molecule has 0 aromatic rings. The van der Waals surface area contributed by atoms with Crippen LogP contribution in [0.2, 0.25) is 0 Å². The Morgan fingerprint density at radius 2 is 2.14 bits per heavy atom. The van der Waals surface area contributed by atoms with Gasteiger partial charge in [0.15, 0.2) is 0 Å². The van der Waals surface area contributed by atoms with Crippen LogP contribution in [-0.4, -0.2) is 40.0 Å². The van der Waals surface area contributed by atoms with Crippen molar-refractivity contribution in [1.29, 1.82) is 5.41 Å². The Labute approximate surface area is 82.1 Å². The van der Waals surface area contributed by atoms with Crippen molar-refractivity contribution >= 4 is 11.9 Å². The number of carboxylic acids is 1. The van der Waals surface area contributed by atoms with Gasteiger partial charge in [0.1, 0.15) is 0 Å². The van der Waals surface area contributed by atoms with E-state index in [1.165, 1.54) is 4.90 Å². The third-order valence-corrected chi connectivity index (χ3v) is 2.52. The molecule has 4 N–H and O–H groups in total. The largest absolute Gasteiger partial charge is 0.478 e. The topological polar surface area (TPSA) is 93.6 Å². The summed E-state index contributed by atoms with van der Waals surface area (Å²) in [6.45, 7) is 3.33. The zero-order valence-corrected chi connectivity index (χ0v) is 8.40. The lowest BCUT2D eigenvalue weighted by molar-refractivity contribution is -0.133. The second-order valence-corrected chi connectivity index (χ2v) is 3.27. The van der Waals surface area contributed by atoms with Crippen molar-refractivity contribution in [2.24, 2.45) is 5.84 Å². The van der Waals surface area contributed by atoms with Crippen LogP contribution in [0, 0.1) is 5.41 Å². The number of carbonyl (C=O) groups is 1. The Morgan fingerprint density at radius 3 is 2.57 bits per heavy atom. The molecule has 0 aliphatic carbocycles. The Kier molecular flexibility index (Phi) is 2.48. The molecule has 0 aromatic carbocycles. The summed E-state index contributed by atoms with van der Waals surface area (Å²) in [6.07, 6.45) is 0. The summed E-state index contributed by atoms with van der Waals surface area (Å²) in [4.78, 5) is 12.4. The van der Waals surface area contributed by atoms with Crippen LogP contribution >= 0.6 is 0 Å². The molecule has 78 valence electrons. The molecule has 0 radical (unpaired) electrons. The number of nitrogens with zero attached hydrogens (tertiary/aromatic N) is 2. The molecule has 14 heavy (non-hydrogen) atoms. The van der Waals surface area contributed by atoms with E-state index in [0.717, 1.165) is 5.01 Å². The average molecular weight is 198 g/mol. The highest BCUT2D eigenvalue weighted by Gasteiger charge is 2.33. The number of hydrogen-bond acceptors (Lipinski definition) is 3. The van der Waals surface area contributed by atoms with E-state index in [1.807, 2.05) is 0 Å². The van der Waals surface area contributed by atoms with Gasteiger partial charge in [-0.2, -0.15) is 0 Å². The van der Waals surface area contributed by atoms with Gasteiger partial charge in [-0.3, -0.25) is 10.4 Å². The molecule has 0 saturated heterocycles. The van der Waals surface area contributed by atoms with E-state index < -0.39 is 12.0 Å². The van der Waals surface area contributed by atoms with E-state index in [-0.39, 0.29) is 11.5 Å². The van der Waals surface area contributed by atoms with E-state index >= 15 is 0 Å². The summed E-state index contributed by atoms with van der Waals surface area (Å²) in [7, 11) is 1.62. The van der Waals surface area contributed by atoms with E-state index in [4.69, 9.17) is 16.4 Å². The van der Waals surface area contributed by atoms with Crippen LogP contribution in [-0.2, 0) is 4.79 Å². The standard InChI is InChI=1S/C8H14N4O2/c1-4-6(7(13)14)5(2)12(10)8(9)11(4)3/h5,9H,10H2,1-3H3,(H,13,14). The van der Waals surface area contributed by atoms with Gasteiger partial charge in [0.2, 0.25) is 5.96 Å². The van der Waals surface area contributed by atoms with Gasteiger partial charge in [0.05, 0.1) is 11.6 Å². The summed E-state index contributed by atoms with van der Waals surface area (Å²) >= 11 is 0. The van der Waals surface area contributed by atoms with Crippen molar-refractivity contribution in [3.63, 3.8) is 0 Å². The normalized spacial score (nSPS) is 23.1. The minimum Gasteiger partial charge on any atom is -0.478 e. The van der Waals surface area contributed by atoms with Gasteiger partial charge in [0, 0.05) is 12.7 Å². The van der Waals surface area contributed by atoms with Gasteiger partial charge in [-0.25, -0.2) is 10.6 Å². The average Bonchev–Trinajstić information content (AvgIpc) is 2.11. The molecule has 1 rings (SSSR count). The van der Waals surface area contributed by atoms with E-state index in [0.29, 0.717) is 5.70 Å². The third-order valence-electron chi connectivity index (χ3n) is 2.52. The summed E-state index contributed by atoms with van der Waals surface area (Å²) in [6, 6.07) is -0.476. The van der Waals surface area contributed by atoms with Gasteiger partial charge < -0.3 is 10.0 Å². The van der Waals surface area contributed by atoms with Crippen molar-refractivity contribution in [1.82, 2.24) is 9.91 Å². The lowest BCUT2D eigenvalue weighted by Gasteiger charge is -2.38. The summed E-state index contributed by atoms with van der Waals surface area (Å²) in [5, 5.41) is 17.7. The Bertz CT molecular complexity index is 323. The van der Waals surface area contributed by atoms with Crippen LogP contribution in [0.3, 0.4) is 0 Å². The lowest BCUT2D eigenvalue weighted by atomic mass is 10.0. The first-order chi connectivity index (χ1) is 6.37. The van der Waals surface area contributed by atoms with Crippen LogP contribution in [0.15, 0.2) is 11.3 Å². The fourth-order valence-electron chi connectivity index (χ4n) is 1.47. The Balaban J connectivity index is 3.24. The van der Waals surface area contributed by atoms with E-state index in [9.17, 15) is 4.79 Å². The molecule has 1 aliphatic heterocycles. The molecule has 0 bridgehead atoms. The van der Waals surface area contributed by atoms with Crippen LogP contribution in [0.25, 0.3) is 0 Å². The highest BCUT2D eigenvalue weighted by atomic mass is 16.4. The molecular weight excluding hydrogens is 184 g/mol. The van der Waals surface area contributed by atoms with Crippen LogP contribution in [0.5, 0.6) is 0 Å². The first kappa shape index (κ1) is 10.5. The van der Waals surface area contributed by atoms with Crippen molar-refractivity contribution in [3.8, 4) is 0 Å². The van der Waals surface area contributed by atoms with Crippen molar-refractivity contribution in [2.75, 3.05) is 7.05 Å². The Morgan fingerprint density at radius 1 is 1.64 bits per heavy atom. The first-order valence-electron chi connectivity index (χ1n) is 4.18. The molecule has 0 fully saturated rings. The van der Waals surface area contributed by atoms with Gasteiger partial charge in [-0.05, 0) is 13.8 Å². The Hall–Kier alpha value is -1.56. The van der Waals surface area contributed by atoms with Crippen LogP contribution in [0.4, 0.5) is 0 Å². The van der Waals surface area contributed by atoms with Crippen LogP contribution < -0.4 is 5.84 Å². The van der Waals surface area contributed by atoms with Crippen molar-refractivity contribution in [3.05, 3.63) is 11.3 Å². The highest BCUT2D eigenvalue weighted by molar-refractivity contribution is 5.93. The maximum absolute atomic E-state index is 10.9. The summed E-state index contributed by atoms with van der Waals surface area (Å²) in [5.74, 6) is 4.67. The van der Waals surface area contributed by atoms with Crippen LogP contribution in [0.1, 0.15) is 13.8 Å². The smallest absolute Gasteiger partial charge is 0.335 e. The SMILES string of the molecule is CC1=C(C(=O)O)C(C)N(N)C(=N)N1C. The van der Waals surface area contributed by atoms with E-state index in [2.05, 4.69) is 0 Å². The predicted molar refractivity (Wildman–Crippen MR) is 51.3 cm³/mol. The lowest BCUT2D eigenvalue weighted by Crippen LogP contribution is -2.55. The van der Waals surface area contributed by atoms with Gasteiger partial charge in [0.25, 0.3) is 0 Å². The number of rotatable bonds is 1. The zero-order chi connectivity index (χ0) is 11.0. The summed E-state index contributed by atoms with van der Waals surface area (Å²) in [5.41, 5.74) is 0.780. The number of guanidine groups is 1. The molecule has 0 aromatic heterocycles. The van der Waals surface area contributed by atoms with Gasteiger partial charge >= 0.3 is 5.97 Å². The molecule has 6 heteroatoms. The second-order valence-electron chi connectivity index (χ2n) is 3.27. The molecule has 1 atom stereocenters. The van der Waals surface area contributed by atoms with Crippen molar-refractivity contribution in [2.45, 2.75) is 19.9 Å². The molecule has 1 aliphatic rings. The van der Waals surface area contributed by atoms with E-state index in [1.54, 1.807) is 20.9 Å². The molecule has 1 unspecified atom stereocenters. The number of aliphatic carboxylic acids is 1. The summed E-state index contributed by atoms with van der Waals surface area (Å²) < 4.78 is 0. The molecule has 6 nitrogen and oxygen atoms in total. The number of allylic oxidation sites excluding steroid dienone is 1. The second kappa shape index (κ2) is 3.30. The fourth-order valence-corrected chi connectivity index (χ4v) is 1.47. The fraction of sp³-hybridized carbons (Fsp3) is 0.500. The molecule has 1 heterocycles. The molecule has 0 amide bonds. The maximum Gasteiger partial charge on any atom is 0.335 e. The molecular formula is C8H14N4O2. The predicted octanol–water partition coefficient (Wildman–Crippen LogP) is -0.211. The minimum atomic E-state index is -0.996. The minimum absolute atomic E-state index is 0.0972. The molecule has 0 spiro atoms. The monoisotopic (exact) mass is 198 g/mol. The quantitative estimate of drug-likeness (QED) is 0.507. The maximum atomic E-state index is 10.9. The number of hydrazine groups is 1. The zero-order valence-electron chi connectivity index (χ0n) is 8.40. The number of nitrogens with one attached hydrogen (secondary N) is 1. The number of hydrogen-bond donors (Lipinski definition) is 3. The van der Waals surface area contributed by atoms with Gasteiger partial charge in [-0.15, -0.1) is 0 Å². The highest BCUT2D eigenvalue weighted by Crippen LogP contribution is 2.21. The first-order valence-corrected chi connectivity index (χ1v) is 4.18. The molecule has 0 saturated carbocycles. The van der Waals surface area contributed by atoms with Gasteiger partial charge in [-0.1, -0.05) is 0 Å².